The number of ether oxygens (including phenoxy) is 1. The molecule has 0 atom stereocenters. The number of morpholine rings is 1. The van der Waals surface area contributed by atoms with E-state index in [1.54, 1.807) is 0 Å². The molecule has 1 aliphatic heterocycles. The van der Waals surface area contributed by atoms with Gasteiger partial charge < -0.3 is 20.0 Å². The molecular weight excluding hydrogens is 432 g/mol. The fourth-order valence-electron chi connectivity index (χ4n) is 4.76. The molecule has 5 aromatic rings. The third kappa shape index (κ3) is 3.64. The smallest absolute Gasteiger partial charge is 0.271 e. The molecule has 6 rings (SSSR count). The van der Waals surface area contributed by atoms with Crippen molar-refractivity contribution in [1.82, 2.24) is 25.2 Å². The minimum Gasteiger partial charge on any atom is -0.379 e. The van der Waals surface area contributed by atoms with E-state index in [0.29, 0.717) is 31.9 Å². The molecule has 3 aromatic heterocycles. The van der Waals surface area contributed by atoms with Crippen LogP contribution in [0.4, 0.5) is 0 Å². The number of hydrogen-bond acceptors (Lipinski definition) is 6. The highest BCUT2D eigenvalue weighted by atomic mass is 16.5. The van der Waals surface area contributed by atoms with Crippen LogP contribution >= 0.6 is 0 Å². The number of nitrogens with one attached hydrogen (secondary N) is 2. The number of carbonyl (C=O) groups excluding carboxylic acids is 1. The summed E-state index contributed by atoms with van der Waals surface area (Å²) >= 11 is 0. The largest absolute Gasteiger partial charge is 0.379 e. The Morgan fingerprint density at radius 2 is 2.00 bits per heavy atom. The predicted octanol–water partition coefficient (Wildman–Crippen LogP) is 3.22. The van der Waals surface area contributed by atoms with Gasteiger partial charge in [-0.05, 0) is 41.0 Å². The summed E-state index contributed by atoms with van der Waals surface area (Å²) in [7, 11) is 0. The lowest BCUT2D eigenvalue weighted by atomic mass is 9.95. The monoisotopic (exact) mass is 456 g/mol. The van der Waals surface area contributed by atoms with Crippen molar-refractivity contribution in [2.24, 2.45) is 5.73 Å². The van der Waals surface area contributed by atoms with Crippen molar-refractivity contribution in [1.29, 1.82) is 0 Å². The van der Waals surface area contributed by atoms with Crippen molar-refractivity contribution in [3.63, 3.8) is 0 Å². The Balaban J connectivity index is 1.42. The molecule has 0 aliphatic carbocycles. The second-order valence-electron chi connectivity index (χ2n) is 8.57. The van der Waals surface area contributed by atoms with Crippen molar-refractivity contribution in [2.75, 3.05) is 26.3 Å². The molecule has 9 heteroatoms. The number of amides is 1. The number of fused-ring (bicyclic) bond motifs is 2. The van der Waals surface area contributed by atoms with E-state index in [2.05, 4.69) is 55.6 Å². The number of hydrogen-bond donors (Lipinski definition) is 3. The summed E-state index contributed by atoms with van der Waals surface area (Å²) in [5.41, 5.74) is 11.8. The number of benzene rings is 2. The van der Waals surface area contributed by atoms with Crippen molar-refractivity contribution in [2.45, 2.75) is 13.0 Å². The minimum atomic E-state index is -0.584. The fraction of sp³-hybridized carbons (Fsp3) is 0.240. The molecule has 2 aromatic carbocycles. The van der Waals surface area contributed by atoms with Crippen LogP contribution in [0.1, 0.15) is 27.4 Å². The first-order valence-electron chi connectivity index (χ1n) is 11.3. The number of aromatic nitrogens is 4. The van der Waals surface area contributed by atoms with Crippen LogP contribution in [0.5, 0.6) is 0 Å². The maximum atomic E-state index is 12.1. The Kier molecular flexibility index (Phi) is 5.12. The predicted molar refractivity (Wildman–Crippen MR) is 127 cm³/mol. The second kappa shape index (κ2) is 8.44. The van der Waals surface area contributed by atoms with Gasteiger partial charge in [-0.15, -0.1) is 0 Å². The molecule has 4 heterocycles. The quantitative estimate of drug-likeness (QED) is 0.360. The van der Waals surface area contributed by atoms with E-state index in [4.69, 9.17) is 15.0 Å². The summed E-state index contributed by atoms with van der Waals surface area (Å²) in [5.74, 6) is 0.0550. The number of H-pyrrole nitrogens is 2. The maximum Gasteiger partial charge on any atom is 0.271 e. The summed E-state index contributed by atoms with van der Waals surface area (Å²) in [6.45, 7) is 3.43. The first-order chi connectivity index (χ1) is 16.7. The van der Waals surface area contributed by atoms with Gasteiger partial charge in [0, 0.05) is 54.1 Å². The minimum absolute atomic E-state index is 0.193. The molecule has 4 N–H and O–H groups in total. The number of nitrogens with zero attached hydrogens (tertiary/aromatic N) is 3. The van der Waals surface area contributed by atoms with Gasteiger partial charge in [0.05, 0.1) is 24.9 Å². The molecule has 0 unspecified atom stereocenters. The summed E-state index contributed by atoms with van der Waals surface area (Å²) in [6, 6.07) is 12.6. The van der Waals surface area contributed by atoms with Gasteiger partial charge >= 0.3 is 0 Å². The van der Waals surface area contributed by atoms with E-state index in [0.717, 1.165) is 57.1 Å². The standard InChI is InChI=1S/C25H24N6O3/c26-25(32)24-20(14-31-6-8-33-9-7-31)23(34-30-24)12-16-10-15(11-22-19(16)13-28-29-22)17-2-1-3-21-18(17)4-5-27-21/h1-5,10-11,13,27H,6-9,12,14H2,(H2,26,32)(H,28,29). The lowest BCUT2D eigenvalue weighted by molar-refractivity contribution is 0.0339. The zero-order valence-corrected chi connectivity index (χ0v) is 18.5. The van der Waals surface area contributed by atoms with Crippen molar-refractivity contribution < 1.29 is 14.1 Å². The molecule has 0 bridgehead atoms. The third-order valence-corrected chi connectivity index (χ3v) is 6.49. The highest BCUT2D eigenvalue weighted by Gasteiger charge is 2.24. The summed E-state index contributed by atoms with van der Waals surface area (Å²) in [4.78, 5) is 17.6. The molecule has 0 spiro atoms. The van der Waals surface area contributed by atoms with E-state index < -0.39 is 5.91 Å². The molecule has 1 amide bonds. The first kappa shape index (κ1) is 20.6. The van der Waals surface area contributed by atoms with Crippen molar-refractivity contribution >= 4 is 27.7 Å². The second-order valence-corrected chi connectivity index (χ2v) is 8.57. The Labute approximate surface area is 194 Å². The summed E-state index contributed by atoms with van der Waals surface area (Å²) in [6.07, 6.45) is 4.23. The molecule has 0 saturated carbocycles. The Morgan fingerprint density at radius 1 is 1.12 bits per heavy atom. The molecule has 172 valence electrons. The molecule has 1 aliphatic rings. The van der Waals surface area contributed by atoms with Gasteiger partial charge in [0.25, 0.3) is 5.91 Å². The van der Waals surface area contributed by atoms with Gasteiger partial charge in [-0.1, -0.05) is 17.3 Å². The van der Waals surface area contributed by atoms with Crippen molar-refractivity contribution in [3.05, 3.63) is 71.4 Å². The van der Waals surface area contributed by atoms with Crippen LogP contribution in [0.25, 0.3) is 32.9 Å². The number of nitrogens with two attached hydrogens (primary N) is 1. The molecule has 1 saturated heterocycles. The van der Waals surface area contributed by atoms with Crippen LogP contribution in [-0.4, -0.2) is 57.4 Å². The van der Waals surface area contributed by atoms with Gasteiger partial charge in [0.2, 0.25) is 0 Å². The van der Waals surface area contributed by atoms with E-state index in [1.165, 1.54) is 0 Å². The first-order valence-corrected chi connectivity index (χ1v) is 11.3. The number of primary amides is 1. The highest BCUT2D eigenvalue weighted by Crippen LogP contribution is 2.33. The van der Waals surface area contributed by atoms with E-state index in [9.17, 15) is 4.79 Å². The van der Waals surface area contributed by atoms with Crippen LogP contribution < -0.4 is 5.73 Å². The van der Waals surface area contributed by atoms with E-state index in [-0.39, 0.29) is 5.69 Å². The van der Waals surface area contributed by atoms with E-state index in [1.807, 2.05) is 18.5 Å². The lowest BCUT2D eigenvalue weighted by Crippen LogP contribution is -2.36. The average molecular weight is 457 g/mol. The highest BCUT2D eigenvalue weighted by molar-refractivity contribution is 5.98. The molecular formula is C25H24N6O3. The number of aromatic amines is 2. The SMILES string of the molecule is NC(=O)c1noc(Cc2cc(-c3cccc4[nH]ccc34)cc3[nH]ncc23)c1CN1CCOCC1. The van der Waals surface area contributed by atoms with Gasteiger partial charge in [-0.25, -0.2) is 0 Å². The Hall–Kier alpha value is -3.95. The van der Waals surface area contributed by atoms with Crippen LogP contribution in [0.15, 0.2) is 53.3 Å². The van der Waals surface area contributed by atoms with Crippen LogP contribution in [0.2, 0.25) is 0 Å². The van der Waals surface area contributed by atoms with Gasteiger partial charge in [0.15, 0.2) is 5.69 Å². The van der Waals surface area contributed by atoms with Gasteiger partial charge in [-0.3, -0.25) is 14.8 Å². The van der Waals surface area contributed by atoms with Crippen molar-refractivity contribution in [3.8, 4) is 11.1 Å². The molecule has 34 heavy (non-hydrogen) atoms. The van der Waals surface area contributed by atoms with Crippen LogP contribution in [0, 0.1) is 0 Å². The zero-order chi connectivity index (χ0) is 23.1. The molecule has 9 nitrogen and oxygen atoms in total. The zero-order valence-electron chi connectivity index (χ0n) is 18.5. The van der Waals surface area contributed by atoms with Crippen LogP contribution in [-0.2, 0) is 17.7 Å². The number of rotatable bonds is 6. The Morgan fingerprint density at radius 3 is 2.85 bits per heavy atom. The normalized spacial score (nSPS) is 14.8. The van der Waals surface area contributed by atoms with Gasteiger partial charge in [-0.2, -0.15) is 5.10 Å². The number of carbonyl (C=O) groups is 1. The lowest BCUT2D eigenvalue weighted by Gasteiger charge is -2.26. The fourth-order valence-corrected chi connectivity index (χ4v) is 4.76. The Bertz CT molecular complexity index is 1490. The maximum absolute atomic E-state index is 12.1. The van der Waals surface area contributed by atoms with E-state index >= 15 is 0 Å². The summed E-state index contributed by atoms with van der Waals surface area (Å²) in [5, 5.41) is 13.5. The average Bonchev–Trinajstić information content (AvgIpc) is 3.59. The summed E-state index contributed by atoms with van der Waals surface area (Å²) < 4.78 is 11.1. The van der Waals surface area contributed by atoms with Gasteiger partial charge in [0.1, 0.15) is 5.76 Å². The third-order valence-electron chi connectivity index (χ3n) is 6.49. The van der Waals surface area contributed by atoms with Crippen LogP contribution in [0.3, 0.4) is 0 Å². The molecule has 1 fully saturated rings. The molecule has 0 radical (unpaired) electrons. The topological polar surface area (TPSA) is 126 Å².